The van der Waals surface area contributed by atoms with E-state index in [1.807, 2.05) is 50.3 Å². The zero-order chi connectivity index (χ0) is 23.3. The Morgan fingerprint density at radius 1 is 1.19 bits per heavy atom. The average molecular weight is 471 g/mol. The standard InChI is InChI=1S/C26H31ClN2O2S/c1-5-32(31)22-12-10-19(11-13-22)24(16-30)26-28-18(4)25(29-26)15-21(27)14-20-8-6-7-9-23(20)17(2)3/h6-13,15,17,24,30H,5,14,16H2,1-4H3,(H,28,29)/b21-15+. The van der Waals surface area contributed by atoms with E-state index in [2.05, 4.69) is 37.0 Å². The Hall–Kier alpha value is -2.21. The summed E-state index contributed by atoms with van der Waals surface area (Å²) in [4.78, 5) is 8.83. The first-order chi connectivity index (χ1) is 15.3. The number of aliphatic hydroxyl groups excluding tert-OH is 1. The van der Waals surface area contributed by atoms with Crippen molar-refractivity contribution >= 4 is 28.5 Å². The van der Waals surface area contributed by atoms with E-state index in [9.17, 15) is 9.32 Å². The number of allylic oxidation sites excluding steroid dienone is 1. The third-order valence-electron chi connectivity index (χ3n) is 5.59. The lowest BCUT2D eigenvalue weighted by atomic mass is 9.95. The van der Waals surface area contributed by atoms with E-state index in [4.69, 9.17) is 16.6 Å². The van der Waals surface area contributed by atoms with Crippen LogP contribution in [0.5, 0.6) is 0 Å². The topological polar surface area (TPSA) is 66.0 Å². The molecule has 0 aliphatic heterocycles. The number of rotatable bonds is 9. The minimum atomic E-state index is -0.995. The molecule has 3 aromatic rings. The lowest BCUT2D eigenvalue weighted by molar-refractivity contribution is 0.277. The Morgan fingerprint density at radius 3 is 2.50 bits per heavy atom. The molecule has 6 heteroatoms. The van der Waals surface area contributed by atoms with Gasteiger partial charge in [-0.25, -0.2) is 4.98 Å². The van der Waals surface area contributed by atoms with Gasteiger partial charge in [0.2, 0.25) is 0 Å². The van der Waals surface area contributed by atoms with Crippen LogP contribution in [0.1, 0.15) is 66.5 Å². The number of nitrogens with zero attached hydrogens (tertiary/aromatic N) is 1. The quantitative estimate of drug-likeness (QED) is 0.408. The van der Waals surface area contributed by atoms with Gasteiger partial charge in [0.1, 0.15) is 5.82 Å². The summed E-state index contributed by atoms with van der Waals surface area (Å²) < 4.78 is 12.0. The van der Waals surface area contributed by atoms with Crippen molar-refractivity contribution in [3.63, 3.8) is 0 Å². The van der Waals surface area contributed by atoms with Gasteiger partial charge in [0, 0.05) is 27.8 Å². The van der Waals surface area contributed by atoms with Crippen molar-refractivity contribution in [3.8, 4) is 0 Å². The van der Waals surface area contributed by atoms with Gasteiger partial charge in [0.15, 0.2) is 0 Å². The number of aryl methyl sites for hydroxylation is 1. The Balaban J connectivity index is 1.83. The van der Waals surface area contributed by atoms with Gasteiger partial charge in [-0.05, 0) is 47.7 Å². The van der Waals surface area contributed by atoms with Crippen molar-refractivity contribution < 1.29 is 9.32 Å². The Morgan fingerprint density at radius 2 is 1.88 bits per heavy atom. The molecule has 2 atom stereocenters. The molecule has 1 aromatic heterocycles. The van der Waals surface area contributed by atoms with Crippen LogP contribution in [0, 0.1) is 6.92 Å². The molecule has 0 aliphatic carbocycles. The van der Waals surface area contributed by atoms with Crippen LogP contribution in [0.3, 0.4) is 0 Å². The Kier molecular flexibility index (Phi) is 8.46. The molecule has 2 N–H and O–H groups in total. The molecule has 0 fully saturated rings. The zero-order valence-corrected chi connectivity index (χ0v) is 20.6. The van der Waals surface area contributed by atoms with Crippen LogP contribution in [0.25, 0.3) is 6.08 Å². The van der Waals surface area contributed by atoms with Crippen LogP contribution in [-0.2, 0) is 17.2 Å². The molecule has 0 spiro atoms. The van der Waals surface area contributed by atoms with Crippen LogP contribution in [0.15, 0.2) is 58.5 Å². The van der Waals surface area contributed by atoms with Crippen molar-refractivity contribution in [2.45, 2.75) is 50.8 Å². The lowest BCUT2D eigenvalue weighted by Gasteiger charge is -2.12. The van der Waals surface area contributed by atoms with Gasteiger partial charge >= 0.3 is 0 Å². The molecular weight excluding hydrogens is 440 g/mol. The zero-order valence-electron chi connectivity index (χ0n) is 19.1. The predicted molar refractivity (Wildman–Crippen MR) is 134 cm³/mol. The third-order valence-corrected chi connectivity index (χ3v) is 7.16. The number of hydrogen-bond donors (Lipinski definition) is 2. The summed E-state index contributed by atoms with van der Waals surface area (Å²) in [6.07, 6.45) is 2.55. The van der Waals surface area contributed by atoms with E-state index >= 15 is 0 Å². The summed E-state index contributed by atoms with van der Waals surface area (Å²) in [6, 6.07) is 15.9. The summed E-state index contributed by atoms with van der Waals surface area (Å²) in [5.74, 6) is 1.41. The number of halogens is 1. The molecule has 0 radical (unpaired) electrons. The molecule has 2 unspecified atom stereocenters. The average Bonchev–Trinajstić information content (AvgIpc) is 3.13. The van der Waals surface area contributed by atoms with Gasteiger partial charge in [0.05, 0.1) is 29.0 Å². The summed E-state index contributed by atoms with van der Waals surface area (Å²) >= 11 is 6.63. The van der Waals surface area contributed by atoms with E-state index in [1.54, 1.807) is 0 Å². The molecule has 0 aliphatic rings. The SMILES string of the molecule is CCS(=O)c1ccc(C(CO)c2nc(/C=C(/Cl)Cc3ccccc3C(C)C)c(C)[nH]2)cc1. The van der Waals surface area contributed by atoms with E-state index < -0.39 is 10.8 Å². The Bertz CT molecular complexity index is 1100. The number of imidazole rings is 1. The highest BCUT2D eigenvalue weighted by Gasteiger charge is 2.19. The Labute approximate surface area is 198 Å². The second kappa shape index (κ2) is 11.1. The molecule has 170 valence electrons. The van der Waals surface area contributed by atoms with E-state index in [-0.39, 0.29) is 12.5 Å². The van der Waals surface area contributed by atoms with Crippen LogP contribution in [0.4, 0.5) is 0 Å². The second-order valence-corrected chi connectivity index (χ2v) is 10.4. The first-order valence-corrected chi connectivity index (χ1v) is 12.6. The highest BCUT2D eigenvalue weighted by Crippen LogP contribution is 2.27. The van der Waals surface area contributed by atoms with Crippen LogP contribution in [0.2, 0.25) is 0 Å². The number of aromatic nitrogens is 2. The van der Waals surface area contributed by atoms with Crippen LogP contribution in [-0.4, -0.2) is 31.6 Å². The fourth-order valence-corrected chi connectivity index (χ4v) is 4.83. The van der Waals surface area contributed by atoms with Crippen molar-refractivity contribution in [1.82, 2.24) is 9.97 Å². The van der Waals surface area contributed by atoms with Crippen molar-refractivity contribution in [1.29, 1.82) is 0 Å². The molecular formula is C26H31ClN2O2S. The van der Waals surface area contributed by atoms with E-state index in [0.717, 1.165) is 21.8 Å². The normalized spacial score (nSPS) is 14.0. The van der Waals surface area contributed by atoms with E-state index in [0.29, 0.717) is 28.9 Å². The molecule has 4 nitrogen and oxygen atoms in total. The van der Waals surface area contributed by atoms with Crippen molar-refractivity contribution in [3.05, 3.63) is 87.5 Å². The first-order valence-electron chi connectivity index (χ1n) is 10.9. The summed E-state index contributed by atoms with van der Waals surface area (Å²) in [7, 11) is -0.995. The minimum Gasteiger partial charge on any atom is -0.395 e. The second-order valence-electron chi connectivity index (χ2n) is 8.19. The summed E-state index contributed by atoms with van der Waals surface area (Å²) in [5, 5.41) is 10.8. The first kappa shape index (κ1) is 24.4. The maximum atomic E-state index is 12.0. The highest BCUT2D eigenvalue weighted by molar-refractivity contribution is 7.85. The largest absolute Gasteiger partial charge is 0.395 e. The predicted octanol–water partition coefficient (Wildman–Crippen LogP) is 5.92. The van der Waals surface area contributed by atoms with Gasteiger partial charge < -0.3 is 10.1 Å². The maximum Gasteiger partial charge on any atom is 0.116 e. The molecule has 0 saturated heterocycles. The number of hydrogen-bond acceptors (Lipinski definition) is 3. The van der Waals surface area contributed by atoms with Crippen LogP contribution >= 0.6 is 11.6 Å². The molecule has 0 saturated carbocycles. The lowest BCUT2D eigenvalue weighted by Crippen LogP contribution is -2.08. The monoisotopic (exact) mass is 470 g/mol. The maximum absolute atomic E-state index is 12.0. The third kappa shape index (κ3) is 5.77. The molecule has 32 heavy (non-hydrogen) atoms. The van der Waals surface area contributed by atoms with Gasteiger partial charge in [-0.15, -0.1) is 0 Å². The fourth-order valence-electron chi connectivity index (χ4n) is 3.81. The number of H-pyrrole nitrogens is 1. The van der Waals surface area contributed by atoms with Gasteiger partial charge in [-0.3, -0.25) is 4.21 Å². The fraction of sp³-hybridized carbons (Fsp3) is 0.346. The van der Waals surface area contributed by atoms with Gasteiger partial charge in [-0.1, -0.05) is 68.8 Å². The molecule has 0 amide bonds. The van der Waals surface area contributed by atoms with Gasteiger partial charge in [-0.2, -0.15) is 0 Å². The molecule has 1 heterocycles. The summed E-state index contributed by atoms with van der Waals surface area (Å²) in [5.41, 5.74) is 5.11. The van der Waals surface area contributed by atoms with Crippen LogP contribution < -0.4 is 0 Å². The molecule has 2 aromatic carbocycles. The molecule has 3 rings (SSSR count). The number of benzene rings is 2. The highest BCUT2D eigenvalue weighted by atomic mass is 35.5. The summed E-state index contributed by atoms with van der Waals surface area (Å²) in [6.45, 7) is 8.14. The number of aliphatic hydroxyl groups is 1. The smallest absolute Gasteiger partial charge is 0.116 e. The van der Waals surface area contributed by atoms with Crippen molar-refractivity contribution in [2.75, 3.05) is 12.4 Å². The number of nitrogens with one attached hydrogen (secondary N) is 1. The molecule has 0 bridgehead atoms. The van der Waals surface area contributed by atoms with Crippen molar-refractivity contribution in [2.24, 2.45) is 0 Å². The van der Waals surface area contributed by atoms with E-state index in [1.165, 1.54) is 11.1 Å². The van der Waals surface area contributed by atoms with Gasteiger partial charge in [0.25, 0.3) is 0 Å². The number of aromatic amines is 1. The minimum absolute atomic E-state index is 0.0815.